The largest absolute Gasteiger partial charge is 0.351 e. The second kappa shape index (κ2) is 4.44. The summed E-state index contributed by atoms with van der Waals surface area (Å²) in [6.07, 6.45) is 3.82. The molecule has 1 aromatic heterocycles. The zero-order valence-corrected chi connectivity index (χ0v) is 10.5. The van der Waals surface area contributed by atoms with Crippen molar-refractivity contribution in [2.24, 2.45) is 5.41 Å². The van der Waals surface area contributed by atoms with Gasteiger partial charge < -0.3 is 9.84 Å². The molecule has 1 aliphatic rings. The number of aromatic nitrogens is 2. The first-order valence-electron chi connectivity index (χ1n) is 6.44. The fourth-order valence-electron chi connectivity index (χ4n) is 2.09. The molecule has 1 aromatic carbocycles. The van der Waals surface area contributed by atoms with E-state index in [9.17, 15) is 0 Å². The summed E-state index contributed by atoms with van der Waals surface area (Å²) in [4.78, 5) is 4.36. The lowest BCUT2D eigenvalue weighted by Crippen LogP contribution is -2.15. The number of nitrogens with zero attached hydrogens (tertiary/aromatic N) is 2. The SMILES string of the molecule is CCC1(CNc2noc(-c3ccccc3)n2)CC1. The lowest BCUT2D eigenvalue weighted by Gasteiger charge is -2.11. The number of benzene rings is 1. The molecule has 0 bridgehead atoms. The standard InChI is InChI=1S/C14H17N3O/c1-2-14(8-9-14)10-15-13-16-12(18-17-13)11-6-4-3-5-7-11/h3-7H,2,8-10H2,1H3,(H,15,17). The minimum atomic E-state index is 0.480. The molecule has 1 saturated carbocycles. The quantitative estimate of drug-likeness (QED) is 0.875. The molecule has 1 N–H and O–H groups in total. The van der Waals surface area contributed by atoms with Crippen LogP contribution in [0.5, 0.6) is 0 Å². The van der Waals surface area contributed by atoms with Gasteiger partial charge >= 0.3 is 0 Å². The molecule has 1 aliphatic carbocycles. The van der Waals surface area contributed by atoms with Gasteiger partial charge in [0.1, 0.15) is 0 Å². The van der Waals surface area contributed by atoms with Gasteiger partial charge in [-0.1, -0.05) is 25.1 Å². The minimum Gasteiger partial charge on any atom is -0.351 e. The van der Waals surface area contributed by atoms with Gasteiger partial charge in [0.15, 0.2) is 0 Å². The lowest BCUT2D eigenvalue weighted by atomic mass is 10.0. The number of nitrogens with one attached hydrogen (secondary N) is 1. The van der Waals surface area contributed by atoms with Gasteiger partial charge in [0.25, 0.3) is 11.8 Å². The van der Waals surface area contributed by atoms with Crippen LogP contribution in [0.3, 0.4) is 0 Å². The first-order chi connectivity index (χ1) is 8.81. The first kappa shape index (κ1) is 11.3. The smallest absolute Gasteiger partial charge is 0.263 e. The fraction of sp³-hybridized carbons (Fsp3) is 0.429. The second-order valence-corrected chi connectivity index (χ2v) is 5.00. The fourth-order valence-corrected chi connectivity index (χ4v) is 2.09. The summed E-state index contributed by atoms with van der Waals surface area (Å²) < 4.78 is 5.25. The van der Waals surface area contributed by atoms with Gasteiger partial charge in [-0.2, -0.15) is 4.98 Å². The normalized spacial score (nSPS) is 16.5. The Bertz CT molecular complexity index is 517. The number of rotatable bonds is 5. The summed E-state index contributed by atoms with van der Waals surface area (Å²) in [5.41, 5.74) is 1.43. The van der Waals surface area contributed by atoms with E-state index in [1.165, 1.54) is 19.3 Å². The molecule has 0 atom stereocenters. The molecule has 0 unspecified atom stereocenters. The molecule has 1 heterocycles. The maximum atomic E-state index is 5.25. The zero-order valence-electron chi connectivity index (χ0n) is 10.5. The molecule has 18 heavy (non-hydrogen) atoms. The van der Waals surface area contributed by atoms with Crippen molar-refractivity contribution < 1.29 is 4.52 Å². The van der Waals surface area contributed by atoms with Crippen molar-refractivity contribution in [3.63, 3.8) is 0 Å². The highest BCUT2D eigenvalue weighted by Crippen LogP contribution is 2.48. The van der Waals surface area contributed by atoms with E-state index in [1.54, 1.807) is 0 Å². The third-order valence-electron chi connectivity index (χ3n) is 3.78. The van der Waals surface area contributed by atoms with Crippen LogP contribution in [0.4, 0.5) is 5.95 Å². The van der Waals surface area contributed by atoms with Crippen LogP contribution in [-0.2, 0) is 0 Å². The number of anilines is 1. The van der Waals surface area contributed by atoms with Crippen molar-refractivity contribution in [2.45, 2.75) is 26.2 Å². The third kappa shape index (κ3) is 2.23. The van der Waals surface area contributed by atoms with E-state index in [2.05, 4.69) is 22.4 Å². The Morgan fingerprint density at radius 1 is 1.28 bits per heavy atom. The van der Waals surface area contributed by atoms with Crippen LogP contribution in [0.2, 0.25) is 0 Å². The molecule has 4 heteroatoms. The van der Waals surface area contributed by atoms with Gasteiger partial charge in [-0.05, 0) is 42.0 Å². The first-order valence-corrected chi connectivity index (χ1v) is 6.44. The van der Waals surface area contributed by atoms with E-state index in [1.807, 2.05) is 30.3 Å². The van der Waals surface area contributed by atoms with E-state index >= 15 is 0 Å². The third-order valence-corrected chi connectivity index (χ3v) is 3.78. The van der Waals surface area contributed by atoms with Gasteiger partial charge in [0, 0.05) is 12.1 Å². The van der Waals surface area contributed by atoms with Gasteiger partial charge in [-0.3, -0.25) is 0 Å². The Kier molecular flexibility index (Phi) is 2.78. The maximum Gasteiger partial charge on any atom is 0.263 e. The molecule has 0 radical (unpaired) electrons. The maximum absolute atomic E-state index is 5.25. The molecule has 0 amide bonds. The molecular weight excluding hydrogens is 226 g/mol. The Morgan fingerprint density at radius 3 is 2.72 bits per heavy atom. The van der Waals surface area contributed by atoms with Crippen LogP contribution in [0.25, 0.3) is 11.5 Å². The molecule has 2 aromatic rings. The van der Waals surface area contributed by atoms with Gasteiger partial charge in [-0.25, -0.2) is 0 Å². The molecule has 4 nitrogen and oxygen atoms in total. The van der Waals surface area contributed by atoms with Gasteiger partial charge in [0.05, 0.1) is 0 Å². The Balaban J connectivity index is 1.67. The summed E-state index contributed by atoms with van der Waals surface area (Å²) >= 11 is 0. The van der Waals surface area contributed by atoms with E-state index in [0.29, 0.717) is 17.3 Å². The van der Waals surface area contributed by atoms with Crippen LogP contribution in [-0.4, -0.2) is 16.7 Å². The van der Waals surface area contributed by atoms with Crippen LogP contribution in [0.1, 0.15) is 26.2 Å². The summed E-state index contributed by atoms with van der Waals surface area (Å²) in [6.45, 7) is 3.18. The van der Waals surface area contributed by atoms with Crippen molar-refractivity contribution in [1.82, 2.24) is 10.1 Å². The van der Waals surface area contributed by atoms with Crippen molar-refractivity contribution in [3.05, 3.63) is 30.3 Å². The van der Waals surface area contributed by atoms with Crippen molar-refractivity contribution >= 4 is 5.95 Å². The van der Waals surface area contributed by atoms with Crippen LogP contribution in [0, 0.1) is 5.41 Å². The van der Waals surface area contributed by atoms with Crippen LogP contribution in [0.15, 0.2) is 34.9 Å². The molecule has 0 saturated heterocycles. The summed E-state index contributed by atoms with van der Waals surface area (Å²) in [5.74, 6) is 1.16. The highest BCUT2D eigenvalue weighted by Gasteiger charge is 2.40. The van der Waals surface area contributed by atoms with E-state index in [0.717, 1.165) is 12.1 Å². The average Bonchev–Trinajstić information content (AvgIpc) is 3.07. The highest BCUT2D eigenvalue weighted by molar-refractivity contribution is 5.53. The van der Waals surface area contributed by atoms with Crippen molar-refractivity contribution in [2.75, 3.05) is 11.9 Å². The van der Waals surface area contributed by atoms with E-state index < -0.39 is 0 Å². The number of hydrogen-bond donors (Lipinski definition) is 1. The lowest BCUT2D eigenvalue weighted by molar-refractivity contribution is 0.430. The van der Waals surface area contributed by atoms with Gasteiger partial charge in [-0.15, -0.1) is 0 Å². The zero-order chi connectivity index (χ0) is 12.4. The molecule has 3 rings (SSSR count). The Labute approximate surface area is 106 Å². The Morgan fingerprint density at radius 2 is 2.06 bits per heavy atom. The second-order valence-electron chi connectivity index (χ2n) is 5.00. The van der Waals surface area contributed by atoms with Crippen molar-refractivity contribution in [1.29, 1.82) is 0 Å². The van der Waals surface area contributed by atoms with E-state index in [-0.39, 0.29) is 0 Å². The van der Waals surface area contributed by atoms with Crippen LogP contribution < -0.4 is 5.32 Å². The molecule has 0 spiro atoms. The topological polar surface area (TPSA) is 51.0 Å². The summed E-state index contributed by atoms with van der Waals surface area (Å²) in [6, 6.07) is 9.82. The van der Waals surface area contributed by atoms with E-state index in [4.69, 9.17) is 4.52 Å². The molecule has 0 aliphatic heterocycles. The minimum absolute atomic E-state index is 0.480. The number of hydrogen-bond acceptors (Lipinski definition) is 4. The van der Waals surface area contributed by atoms with Crippen molar-refractivity contribution in [3.8, 4) is 11.5 Å². The Hall–Kier alpha value is -1.84. The molecular formula is C14H17N3O. The van der Waals surface area contributed by atoms with Gasteiger partial charge in [0.2, 0.25) is 0 Å². The highest BCUT2D eigenvalue weighted by atomic mass is 16.5. The average molecular weight is 243 g/mol. The van der Waals surface area contributed by atoms with Crippen LogP contribution >= 0.6 is 0 Å². The predicted octanol–water partition coefficient (Wildman–Crippen LogP) is 3.34. The predicted molar refractivity (Wildman–Crippen MR) is 70.2 cm³/mol. The monoisotopic (exact) mass is 243 g/mol. The summed E-state index contributed by atoms with van der Waals surface area (Å²) in [5, 5.41) is 7.23. The molecule has 1 fully saturated rings. The summed E-state index contributed by atoms with van der Waals surface area (Å²) in [7, 11) is 0. The molecule has 94 valence electrons.